The summed E-state index contributed by atoms with van der Waals surface area (Å²) in [6.45, 7) is 4.56. The topological polar surface area (TPSA) is 60.9 Å². The number of hydrogen-bond donors (Lipinski definition) is 0. The molecule has 0 saturated heterocycles. The van der Waals surface area contributed by atoms with Crippen molar-refractivity contribution in [2.24, 2.45) is 0 Å². The maximum Gasteiger partial charge on any atom is 0.200 e. The Kier molecular flexibility index (Phi) is 5.06. The van der Waals surface area contributed by atoms with Crippen LogP contribution in [0, 0.1) is 0 Å². The second kappa shape index (κ2) is 7.23. The molecule has 2 heterocycles. The number of benzene rings is 1. The van der Waals surface area contributed by atoms with Crippen molar-refractivity contribution in [1.82, 2.24) is 14.8 Å². The molecule has 24 heavy (non-hydrogen) atoms. The molecule has 0 aliphatic rings. The van der Waals surface area contributed by atoms with Crippen LogP contribution >= 0.6 is 23.4 Å². The Morgan fingerprint density at radius 1 is 1.29 bits per heavy atom. The maximum absolute atomic E-state index is 12.6. The number of carbonyl (C=O) groups is 1. The van der Waals surface area contributed by atoms with Crippen molar-refractivity contribution in [3.05, 3.63) is 53.2 Å². The molecule has 0 saturated carbocycles. The summed E-state index contributed by atoms with van der Waals surface area (Å²) < 4.78 is 7.34. The lowest BCUT2D eigenvalue weighted by Crippen LogP contribution is -2.14. The zero-order valence-electron chi connectivity index (χ0n) is 13.3. The van der Waals surface area contributed by atoms with Crippen LogP contribution in [0.15, 0.2) is 52.2 Å². The second-order valence-corrected chi connectivity index (χ2v) is 6.90. The molecule has 3 rings (SSSR count). The summed E-state index contributed by atoms with van der Waals surface area (Å²) in [6, 6.07) is 10.6. The third kappa shape index (κ3) is 3.39. The minimum absolute atomic E-state index is 0.0295. The van der Waals surface area contributed by atoms with E-state index in [2.05, 4.69) is 10.2 Å². The Bertz CT molecular complexity index is 828. The van der Waals surface area contributed by atoms with Gasteiger partial charge in [-0.1, -0.05) is 23.4 Å². The van der Waals surface area contributed by atoms with Crippen LogP contribution in [0.1, 0.15) is 24.2 Å². The van der Waals surface area contributed by atoms with E-state index in [0.717, 1.165) is 0 Å². The largest absolute Gasteiger partial charge is 0.461 e. The number of halogens is 1. The number of aromatic nitrogens is 3. The standard InChI is InChI=1S/C17H16ClN3O2S/c1-3-21-16(14-5-4-10-23-14)19-20-17(21)24-11(2)15(22)12-6-8-13(18)9-7-12/h4-11H,3H2,1-2H3/t11-/m1/s1. The number of hydrogen-bond acceptors (Lipinski definition) is 5. The fourth-order valence-corrected chi connectivity index (χ4v) is 3.43. The van der Waals surface area contributed by atoms with Gasteiger partial charge in [0.25, 0.3) is 0 Å². The van der Waals surface area contributed by atoms with Crippen molar-refractivity contribution in [2.75, 3.05) is 0 Å². The molecule has 1 atom stereocenters. The molecule has 0 unspecified atom stereocenters. The van der Waals surface area contributed by atoms with Gasteiger partial charge >= 0.3 is 0 Å². The maximum atomic E-state index is 12.6. The van der Waals surface area contributed by atoms with E-state index in [0.29, 0.717) is 33.9 Å². The monoisotopic (exact) mass is 361 g/mol. The van der Waals surface area contributed by atoms with Gasteiger partial charge in [-0.2, -0.15) is 0 Å². The van der Waals surface area contributed by atoms with E-state index >= 15 is 0 Å². The average molecular weight is 362 g/mol. The van der Waals surface area contributed by atoms with Crippen LogP contribution in [0.5, 0.6) is 0 Å². The Balaban J connectivity index is 1.80. The fourth-order valence-electron chi connectivity index (χ4n) is 2.31. The lowest BCUT2D eigenvalue weighted by Gasteiger charge is -2.11. The molecule has 0 bridgehead atoms. The number of nitrogens with zero attached hydrogens (tertiary/aromatic N) is 3. The zero-order valence-corrected chi connectivity index (χ0v) is 14.8. The fraction of sp³-hybridized carbons (Fsp3) is 0.235. The number of Topliss-reactive ketones (excluding diaryl/α,β-unsaturated/α-hetero) is 1. The van der Waals surface area contributed by atoms with Gasteiger partial charge < -0.3 is 4.42 Å². The van der Waals surface area contributed by atoms with Crippen LogP contribution in [0.2, 0.25) is 5.02 Å². The Hall–Kier alpha value is -2.05. The number of thioether (sulfide) groups is 1. The van der Waals surface area contributed by atoms with E-state index in [-0.39, 0.29) is 11.0 Å². The third-order valence-corrected chi connectivity index (χ3v) is 4.89. The zero-order chi connectivity index (χ0) is 17.1. The molecule has 0 aliphatic carbocycles. The molecule has 0 spiro atoms. The summed E-state index contributed by atoms with van der Waals surface area (Å²) >= 11 is 7.26. The van der Waals surface area contributed by atoms with E-state index < -0.39 is 0 Å². The quantitative estimate of drug-likeness (QED) is 0.475. The molecule has 0 radical (unpaired) electrons. The van der Waals surface area contributed by atoms with Gasteiger partial charge in [0.15, 0.2) is 22.5 Å². The van der Waals surface area contributed by atoms with E-state index in [1.165, 1.54) is 11.8 Å². The highest BCUT2D eigenvalue weighted by molar-refractivity contribution is 8.00. The summed E-state index contributed by atoms with van der Waals surface area (Å²) in [6.07, 6.45) is 1.60. The molecule has 0 amide bonds. The first-order valence-corrected chi connectivity index (χ1v) is 8.79. The number of carbonyl (C=O) groups excluding carboxylic acids is 1. The molecule has 124 valence electrons. The minimum Gasteiger partial charge on any atom is -0.461 e. The summed E-state index contributed by atoms with van der Waals surface area (Å²) in [5.41, 5.74) is 0.633. The van der Waals surface area contributed by atoms with Crippen LogP contribution in [-0.4, -0.2) is 25.8 Å². The first-order chi connectivity index (χ1) is 11.6. The second-order valence-electron chi connectivity index (χ2n) is 5.16. The minimum atomic E-state index is -0.287. The molecular weight excluding hydrogens is 346 g/mol. The lowest BCUT2D eigenvalue weighted by molar-refractivity contribution is 0.0994. The molecule has 0 aliphatic heterocycles. The van der Waals surface area contributed by atoms with Gasteiger partial charge in [-0.15, -0.1) is 10.2 Å². The first kappa shape index (κ1) is 16.8. The van der Waals surface area contributed by atoms with Gasteiger partial charge in [-0.3, -0.25) is 9.36 Å². The van der Waals surface area contributed by atoms with Crippen LogP contribution in [0.3, 0.4) is 0 Å². The van der Waals surface area contributed by atoms with Crippen molar-refractivity contribution in [3.8, 4) is 11.6 Å². The van der Waals surface area contributed by atoms with Gasteiger partial charge in [-0.25, -0.2) is 0 Å². The highest BCUT2D eigenvalue weighted by Gasteiger charge is 2.22. The van der Waals surface area contributed by atoms with E-state index in [4.69, 9.17) is 16.0 Å². The van der Waals surface area contributed by atoms with Crippen molar-refractivity contribution in [2.45, 2.75) is 30.8 Å². The molecule has 2 aromatic heterocycles. The van der Waals surface area contributed by atoms with Gasteiger partial charge in [0.2, 0.25) is 0 Å². The van der Waals surface area contributed by atoms with Crippen molar-refractivity contribution >= 4 is 29.1 Å². The molecule has 0 fully saturated rings. The molecule has 1 aromatic carbocycles. The predicted octanol–water partition coefficient (Wildman–Crippen LogP) is 4.57. The van der Waals surface area contributed by atoms with Gasteiger partial charge in [0.1, 0.15) is 0 Å². The van der Waals surface area contributed by atoms with Crippen molar-refractivity contribution < 1.29 is 9.21 Å². The average Bonchev–Trinajstić information content (AvgIpc) is 3.23. The van der Waals surface area contributed by atoms with Crippen LogP contribution in [0.4, 0.5) is 0 Å². The smallest absolute Gasteiger partial charge is 0.200 e. The normalized spacial score (nSPS) is 12.3. The number of ketones is 1. The summed E-state index contributed by atoms with van der Waals surface area (Å²) in [4.78, 5) is 12.6. The highest BCUT2D eigenvalue weighted by Crippen LogP contribution is 2.28. The van der Waals surface area contributed by atoms with Gasteiger partial charge in [0.05, 0.1) is 11.5 Å². The summed E-state index contributed by atoms with van der Waals surface area (Å²) in [7, 11) is 0. The van der Waals surface area contributed by atoms with Crippen LogP contribution < -0.4 is 0 Å². The van der Waals surface area contributed by atoms with Gasteiger partial charge in [0, 0.05) is 17.1 Å². The Labute approximate surface area is 149 Å². The van der Waals surface area contributed by atoms with Crippen LogP contribution in [-0.2, 0) is 6.54 Å². The Morgan fingerprint density at radius 3 is 2.67 bits per heavy atom. The lowest BCUT2D eigenvalue weighted by atomic mass is 10.1. The number of furan rings is 1. The van der Waals surface area contributed by atoms with E-state index in [9.17, 15) is 4.79 Å². The summed E-state index contributed by atoms with van der Waals surface area (Å²) in [5.74, 6) is 1.35. The molecule has 5 nitrogen and oxygen atoms in total. The molecule has 0 N–H and O–H groups in total. The first-order valence-electron chi connectivity index (χ1n) is 7.53. The van der Waals surface area contributed by atoms with Crippen molar-refractivity contribution in [3.63, 3.8) is 0 Å². The predicted molar refractivity (Wildman–Crippen MR) is 94.5 cm³/mol. The Morgan fingerprint density at radius 2 is 2.04 bits per heavy atom. The van der Waals surface area contributed by atoms with E-state index in [1.807, 2.05) is 30.5 Å². The van der Waals surface area contributed by atoms with Crippen molar-refractivity contribution in [1.29, 1.82) is 0 Å². The SMILES string of the molecule is CCn1c(S[C@H](C)C(=O)c2ccc(Cl)cc2)nnc1-c1ccco1. The molecule has 7 heteroatoms. The molecule has 3 aromatic rings. The highest BCUT2D eigenvalue weighted by atomic mass is 35.5. The molecular formula is C17H16ClN3O2S. The number of rotatable bonds is 6. The van der Waals surface area contributed by atoms with E-state index in [1.54, 1.807) is 30.5 Å². The third-order valence-electron chi connectivity index (χ3n) is 3.55. The van der Waals surface area contributed by atoms with Crippen LogP contribution in [0.25, 0.3) is 11.6 Å². The summed E-state index contributed by atoms with van der Waals surface area (Å²) in [5, 5.41) is 9.43. The van der Waals surface area contributed by atoms with Gasteiger partial charge in [-0.05, 0) is 50.2 Å².